The zero-order valence-corrected chi connectivity index (χ0v) is 15.9. The molecule has 140 valence electrons. The number of carbonyl (C=O) groups is 1. The van der Waals surface area contributed by atoms with Crippen molar-refractivity contribution in [2.45, 2.75) is 32.2 Å². The first-order valence-corrected chi connectivity index (χ1v) is 9.21. The van der Waals surface area contributed by atoms with Crippen LogP contribution in [0.25, 0.3) is 0 Å². The van der Waals surface area contributed by atoms with Gasteiger partial charge in [0.15, 0.2) is 0 Å². The lowest BCUT2D eigenvalue weighted by molar-refractivity contribution is 0.0700. The Hall–Kier alpha value is -2.34. The summed E-state index contributed by atoms with van der Waals surface area (Å²) in [6.45, 7) is 5.03. The summed E-state index contributed by atoms with van der Waals surface area (Å²) in [6.07, 6.45) is 5.84. The van der Waals surface area contributed by atoms with E-state index < -0.39 is 0 Å². The molecule has 1 aliphatic rings. The van der Waals surface area contributed by atoms with E-state index in [1.54, 1.807) is 6.07 Å². The molecule has 1 aromatic heterocycles. The molecule has 6 nitrogen and oxygen atoms in total. The van der Waals surface area contributed by atoms with Crippen molar-refractivity contribution in [1.29, 1.82) is 0 Å². The molecule has 0 bridgehead atoms. The Morgan fingerprint density at radius 1 is 1.38 bits per heavy atom. The van der Waals surface area contributed by atoms with Crippen LogP contribution in [-0.2, 0) is 6.54 Å². The van der Waals surface area contributed by atoms with Crippen LogP contribution in [-0.4, -0.2) is 64.1 Å². The van der Waals surface area contributed by atoms with Gasteiger partial charge >= 0.3 is 0 Å². The molecule has 0 aliphatic carbocycles. The van der Waals surface area contributed by atoms with Crippen molar-refractivity contribution in [3.63, 3.8) is 0 Å². The molecular formula is C20H28N4O2. The minimum Gasteiger partial charge on any atom is -0.507 e. The first kappa shape index (κ1) is 18.5. The van der Waals surface area contributed by atoms with Crippen LogP contribution in [0.1, 0.15) is 40.5 Å². The highest BCUT2D eigenvalue weighted by atomic mass is 16.3. The summed E-state index contributed by atoms with van der Waals surface area (Å²) >= 11 is 0. The van der Waals surface area contributed by atoms with E-state index in [9.17, 15) is 9.90 Å². The van der Waals surface area contributed by atoms with E-state index in [0.29, 0.717) is 12.1 Å². The monoisotopic (exact) mass is 356 g/mol. The van der Waals surface area contributed by atoms with Crippen LogP contribution < -0.4 is 0 Å². The Morgan fingerprint density at radius 2 is 2.19 bits per heavy atom. The third-order valence-corrected chi connectivity index (χ3v) is 5.08. The van der Waals surface area contributed by atoms with Crippen molar-refractivity contribution < 1.29 is 9.90 Å². The van der Waals surface area contributed by atoms with E-state index in [-0.39, 0.29) is 17.6 Å². The number of aromatic hydroxyl groups is 1. The number of imidazole rings is 1. The number of nitrogens with zero attached hydrogens (tertiary/aromatic N) is 4. The SMILES string of the molecule is Cc1cccc(C(=O)N2CCC[C@H](c3nccn3CCN(C)C)C2)c1O. The Balaban J connectivity index is 1.75. The van der Waals surface area contributed by atoms with Gasteiger partial charge in [0.05, 0.1) is 5.56 Å². The highest BCUT2D eigenvalue weighted by Crippen LogP contribution is 2.29. The zero-order chi connectivity index (χ0) is 18.7. The van der Waals surface area contributed by atoms with Gasteiger partial charge in [0.2, 0.25) is 0 Å². The molecule has 1 saturated heterocycles. The second-order valence-electron chi connectivity index (χ2n) is 7.34. The summed E-state index contributed by atoms with van der Waals surface area (Å²) in [5.41, 5.74) is 1.12. The van der Waals surface area contributed by atoms with E-state index in [4.69, 9.17) is 0 Å². The maximum atomic E-state index is 12.9. The summed E-state index contributed by atoms with van der Waals surface area (Å²) in [5, 5.41) is 10.2. The normalized spacial score (nSPS) is 17.7. The predicted molar refractivity (Wildman–Crippen MR) is 102 cm³/mol. The molecule has 2 heterocycles. The topological polar surface area (TPSA) is 61.6 Å². The molecular weight excluding hydrogens is 328 g/mol. The van der Waals surface area contributed by atoms with Crippen molar-refractivity contribution in [2.75, 3.05) is 33.7 Å². The largest absolute Gasteiger partial charge is 0.507 e. The first-order chi connectivity index (χ1) is 12.5. The van der Waals surface area contributed by atoms with Crippen LogP contribution in [0, 0.1) is 6.92 Å². The molecule has 3 rings (SSSR count). The number of hydrogen-bond acceptors (Lipinski definition) is 4. The number of amides is 1. The van der Waals surface area contributed by atoms with E-state index >= 15 is 0 Å². The van der Waals surface area contributed by atoms with E-state index in [2.05, 4.69) is 28.5 Å². The number of aromatic nitrogens is 2. The second kappa shape index (κ2) is 7.91. The minimum absolute atomic E-state index is 0.0899. The average molecular weight is 356 g/mol. The summed E-state index contributed by atoms with van der Waals surface area (Å²) in [6, 6.07) is 5.33. The molecule has 1 N–H and O–H groups in total. The fourth-order valence-electron chi connectivity index (χ4n) is 3.55. The lowest BCUT2D eigenvalue weighted by Gasteiger charge is -2.33. The molecule has 1 aromatic carbocycles. The van der Waals surface area contributed by atoms with Crippen molar-refractivity contribution >= 4 is 5.91 Å². The Labute approximate surface area is 155 Å². The number of likely N-dealkylation sites (tertiary alicyclic amines) is 1. The molecule has 1 fully saturated rings. The molecule has 26 heavy (non-hydrogen) atoms. The number of hydrogen-bond donors (Lipinski definition) is 1. The van der Waals surface area contributed by atoms with Crippen LogP contribution >= 0.6 is 0 Å². The fraction of sp³-hybridized carbons (Fsp3) is 0.500. The molecule has 1 amide bonds. The Kier molecular flexibility index (Phi) is 5.61. The van der Waals surface area contributed by atoms with Gasteiger partial charge in [-0.25, -0.2) is 4.98 Å². The van der Waals surface area contributed by atoms with E-state index in [1.165, 1.54) is 0 Å². The van der Waals surface area contributed by atoms with Gasteiger partial charge in [-0.05, 0) is 45.5 Å². The Morgan fingerprint density at radius 3 is 2.96 bits per heavy atom. The van der Waals surface area contributed by atoms with Crippen molar-refractivity contribution in [3.8, 4) is 5.75 Å². The average Bonchev–Trinajstić information content (AvgIpc) is 3.10. The second-order valence-corrected chi connectivity index (χ2v) is 7.34. The van der Waals surface area contributed by atoms with Gasteiger partial charge in [-0.3, -0.25) is 4.79 Å². The number of piperidine rings is 1. The number of para-hydroxylation sites is 1. The van der Waals surface area contributed by atoms with Crippen LogP contribution in [0.2, 0.25) is 0 Å². The summed E-state index contributed by atoms with van der Waals surface area (Å²) < 4.78 is 2.20. The molecule has 0 unspecified atom stereocenters. The summed E-state index contributed by atoms with van der Waals surface area (Å²) in [7, 11) is 4.12. The van der Waals surface area contributed by atoms with Gasteiger partial charge in [-0.1, -0.05) is 12.1 Å². The highest BCUT2D eigenvalue weighted by Gasteiger charge is 2.29. The van der Waals surface area contributed by atoms with Crippen molar-refractivity contribution in [3.05, 3.63) is 47.5 Å². The predicted octanol–water partition coefficient (Wildman–Crippen LogP) is 2.48. The molecule has 0 saturated carbocycles. The molecule has 0 spiro atoms. The van der Waals surface area contributed by atoms with Crippen molar-refractivity contribution in [2.24, 2.45) is 0 Å². The van der Waals surface area contributed by atoms with E-state index in [1.807, 2.05) is 36.4 Å². The number of likely N-dealkylation sites (N-methyl/N-ethyl adjacent to an activating group) is 1. The van der Waals surface area contributed by atoms with Crippen LogP contribution in [0.3, 0.4) is 0 Å². The van der Waals surface area contributed by atoms with Gasteiger partial charge in [0.25, 0.3) is 5.91 Å². The van der Waals surface area contributed by atoms with Crippen LogP contribution in [0.4, 0.5) is 0 Å². The minimum atomic E-state index is -0.0951. The van der Waals surface area contributed by atoms with Gasteiger partial charge in [0.1, 0.15) is 11.6 Å². The van der Waals surface area contributed by atoms with Crippen molar-refractivity contribution in [1.82, 2.24) is 19.4 Å². The fourth-order valence-corrected chi connectivity index (χ4v) is 3.55. The lowest BCUT2D eigenvalue weighted by atomic mass is 9.96. The number of aryl methyl sites for hydroxylation is 1. The van der Waals surface area contributed by atoms with Gasteiger partial charge < -0.3 is 19.5 Å². The van der Waals surface area contributed by atoms with Gasteiger partial charge in [-0.15, -0.1) is 0 Å². The highest BCUT2D eigenvalue weighted by molar-refractivity contribution is 5.97. The Bertz CT molecular complexity index is 769. The zero-order valence-electron chi connectivity index (χ0n) is 15.9. The number of phenolic OH excluding ortho intramolecular Hbond substituents is 1. The number of carbonyl (C=O) groups excluding carboxylic acids is 1. The number of benzene rings is 1. The molecule has 1 atom stereocenters. The first-order valence-electron chi connectivity index (χ1n) is 9.21. The molecule has 6 heteroatoms. The molecule has 2 aromatic rings. The van der Waals surface area contributed by atoms with Crippen LogP contribution in [0.15, 0.2) is 30.6 Å². The standard InChI is InChI=1S/C20H28N4O2/c1-15-6-4-8-17(18(15)25)20(26)24-10-5-7-16(14-24)19-21-9-11-23(19)13-12-22(2)3/h4,6,8-9,11,16,25H,5,7,10,12-14H2,1-3H3/t16-/m0/s1. The maximum absolute atomic E-state index is 12.9. The third kappa shape index (κ3) is 3.90. The molecule has 0 radical (unpaired) electrons. The van der Waals surface area contributed by atoms with E-state index in [0.717, 1.165) is 43.9 Å². The summed E-state index contributed by atoms with van der Waals surface area (Å²) in [5.74, 6) is 1.28. The molecule has 1 aliphatic heterocycles. The van der Waals surface area contributed by atoms with Crippen LogP contribution in [0.5, 0.6) is 5.75 Å². The third-order valence-electron chi connectivity index (χ3n) is 5.08. The van der Waals surface area contributed by atoms with Gasteiger partial charge in [-0.2, -0.15) is 0 Å². The van der Waals surface area contributed by atoms with Gasteiger partial charge in [0, 0.05) is 44.5 Å². The summed E-state index contributed by atoms with van der Waals surface area (Å²) in [4.78, 5) is 21.5. The number of rotatable bonds is 5. The smallest absolute Gasteiger partial charge is 0.257 e. The lowest BCUT2D eigenvalue weighted by Crippen LogP contribution is -2.40. The maximum Gasteiger partial charge on any atom is 0.257 e. The quantitative estimate of drug-likeness (QED) is 0.894. The number of phenols is 1.